The van der Waals surface area contributed by atoms with Crippen LogP contribution in [-0.2, 0) is 9.53 Å². The number of nitrogens with one attached hydrogen (secondary N) is 1. The van der Waals surface area contributed by atoms with Gasteiger partial charge in [-0.05, 0) is 6.92 Å². The molecule has 0 saturated heterocycles. The zero-order chi connectivity index (χ0) is 14.6. The van der Waals surface area contributed by atoms with E-state index in [1.54, 1.807) is 6.92 Å². The highest BCUT2D eigenvalue weighted by Gasteiger charge is 2.20. The van der Waals surface area contributed by atoms with Crippen LogP contribution in [0.5, 0.6) is 0 Å². The summed E-state index contributed by atoms with van der Waals surface area (Å²) < 4.78 is 17.8. The predicted molar refractivity (Wildman–Crippen MR) is 67.8 cm³/mol. The molecule has 0 fully saturated rings. The fraction of sp³-hybridized carbons (Fsp3) is 0.364. The Morgan fingerprint density at radius 2 is 2.26 bits per heavy atom. The molecule has 0 bridgehead atoms. The maximum absolute atomic E-state index is 13.3. The number of nitro groups is 1. The van der Waals surface area contributed by atoms with E-state index in [1.165, 1.54) is 7.11 Å². The summed E-state index contributed by atoms with van der Waals surface area (Å²) in [5, 5.41) is 13.2. The normalized spacial score (nSPS) is 11.8. The number of carbonyl (C=O) groups excluding carboxylic acids is 1. The van der Waals surface area contributed by atoms with Crippen LogP contribution in [0, 0.1) is 15.9 Å². The summed E-state index contributed by atoms with van der Waals surface area (Å²) in [7, 11) is 1.24. The quantitative estimate of drug-likeness (QED) is 0.512. The van der Waals surface area contributed by atoms with E-state index in [-0.39, 0.29) is 22.8 Å². The van der Waals surface area contributed by atoms with Crippen molar-refractivity contribution >= 4 is 28.9 Å². The lowest BCUT2D eigenvalue weighted by Crippen LogP contribution is -2.21. The Kier molecular flexibility index (Phi) is 5.05. The third kappa shape index (κ3) is 4.06. The fourth-order valence-corrected chi connectivity index (χ4v) is 1.61. The third-order valence-electron chi connectivity index (χ3n) is 2.34. The van der Waals surface area contributed by atoms with Gasteiger partial charge in [-0.2, -0.15) is 0 Å². The molecule has 0 aliphatic rings. The van der Waals surface area contributed by atoms with Crippen molar-refractivity contribution in [2.24, 2.45) is 0 Å². The molecule has 1 aromatic carbocycles. The molecule has 0 aromatic heterocycles. The summed E-state index contributed by atoms with van der Waals surface area (Å²) >= 11 is 5.49. The Labute approximate surface area is 113 Å². The maximum atomic E-state index is 13.3. The molecule has 0 aliphatic carbocycles. The molecular formula is C11H12ClFN2O4. The summed E-state index contributed by atoms with van der Waals surface area (Å²) in [5.41, 5.74) is -0.397. The molecular weight excluding hydrogens is 279 g/mol. The van der Waals surface area contributed by atoms with Crippen molar-refractivity contribution in [3.05, 3.63) is 33.1 Å². The van der Waals surface area contributed by atoms with E-state index >= 15 is 0 Å². The van der Waals surface area contributed by atoms with Gasteiger partial charge in [0.25, 0.3) is 5.69 Å². The highest BCUT2D eigenvalue weighted by Crippen LogP contribution is 2.30. The van der Waals surface area contributed by atoms with Gasteiger partial charge in [-0.25, -0.2) is 4.39 Å². The molecule has 0 saturated carbocycles. The highest BCUT2D eigenvalue weighted by molar-refractivity contribution is 6.31. The molecule has 104 valence electrons. The van der Waals surface area contributed by atoms with E-state index in [0.29, 0.717) is 0 Å². The lowest BCUT2D eigenvalue weighted by molar-refractivity contribution is -0.384. The number of methoxy groups -OCH3 is 1. The second-order valence-corrected chi connectivity index (χ2v) is 4.27. The fourth-order valence-electron chi connectivity index (χ4n) is 1.45. The van der Waals surface area contributed by atoms with Gasteiger partial charge in [0.15, 0.2) is 0 Å². The van der Waals surface area contributed by atoms with Crippen molar-refractivity contribution in [3.8, 4) is 0 Å². The SMILES string of the molecule is COC(=O)CC(C)Nc1cc(F)c(Cl)cc1[N+](=O)[O-]. The van der Waals surface area contributed by atoms with Gasteiger partial charge >= 0.3 is 5.97 Å². The van der Waals surface area contributed by atoms with Crippen molar-refractivity contribution < 1.29 is 18.8 Å². The maximum Gasteiger partial charge on any atom is 0.307 e. The summed E-state index contributed by atoms with van der Waals surface area (Å²) in [5.74, 6) is -1.25. The molecule has 1 aromatic rings. The van der Waals surface area contributed by atoms with Gasteiger partial charge in [0.2, 0.25) is 0 Å². The largest absolute Gasteiger partial charge is 0.469 e. The molecule has 0 radical (unpaired) electrons. The van der Waals surface area contributed by atoms with E-state index in [0.717, 1.165) is 12.1 Å². The van der Waals surface area contributed by atoms with E-state index in [1.807, 2.05) is 0 Å². The van der Waals surface area contributed by atoms with Gasteiger partial charge < -0.3 is 10.1 Å². The van der Waals surface area contributed by atoms with E-state index in [2.05, 4.69) is 10.1 Å². The first kappa shape index (κ1) is 15.2. The minimum Gasteiger partial charge on any atom is -0.469 e. The number of rotatable bonds is 5. The minimum absolute atomic E-state index is 0.00208. The van der Waals surface area contributed by atoms with Crippen molar-refractivity contribution in [2.45, 2.75) is 19.4 Å². The number of benzene rings is 1. The first-order chi connectivity index (χ1) is 8.85. The number of ether oxygens (including phenoxy) is 1. The van der Waals surface area contributed by atoms with Gasteiger partial charge in [0.05, 0.1) is 23.5 Å². The number of nitrogens with zero attached hydrogens (tertiary/aromatic N) is 1. The van der Waals surface area contributed by atoms with Crippen molar-refractivity contribution in [1.29, 1.82) is 0 Å². The smallest absolute Gasteiger partial charge is 0.307 e. The van der Waals surface area contributed by atoms with Crippen LogP contribution < -0.4 is 5.32 Å². The first-order valence-corrected chi connectivity index (χ1v) is 5.69. The van der Waals surface area contributed by atoms with Crippen molar-refractivity contribution in [3.63, 3.8) is 0 Å². The monoisotopic (exact) mass is 290 g/mol. The van der Waals surface area contributed by atoms with Gasteiger partial charge in [0, 0.05) is 18.2 Å². The number of esters is 1. The van der Waals surface area contributed by atoms with Gasteiger partial charge in [-0.1, -0.05) is 11.6 Å². The Bertz CT molecular complexity index is 510. The molecule has 8 heteroatoms. The summed E-state index contributed by atoms with van der Waals surface area (Å²) in [6, 6.07) is 1.39. The number of nitro benzene ring substituents is 1. The molecule has 19 heavy (non-hydrogen) atoms. The van der Waals surface area contributed by atoms with Crippen LogP contribution >= 0.6 is 11.6 Å². The van der Waals surface area contributed by atoms with Crippen LogP contribution in [0.4, 0.5) is 15.8 Å². The Morgan fingerprint density at radius 3 is 2.79 bits per heavy atom. The average Bonchev–Trinajstić information content (AvgIpc) is 2.32. The average molecular weight is 291 g/mol. The van der Waals surface area contributed by atoms with Crippen LogP contribution in [0.25, 0.3) is 0 Å². The molecule has 0 spiro atoms. The lowest BCUT2D eigenvalue weighted by Gasteiger charge is -2.14. The number of halogens is 2. The highest BCUT2D eigenvalue weighted by atomic mass is 35.5. The van der Waals surface area contributed by atoms with Crippen molar-refractivity contribution in [2.75, 3.05) is 12.4 Å². The number of carbonyl (C=O) groups is 1. The molecule has 6 nitrogen and oxygen atoms in total. The number of hydrogen-bond donors (Lipinski definition) is 1. The molecule has 0 aliphatic heterocycles. The minimum atomic E-state index is -0.778. The molecule has 1 rings (SSSR count). The summed E-state index contributed by atoms with van der Waals surface area (Å²) in [4.78, 5) is 21.2. The second kappa shape index (κ2) is 6.33. The molecule has 1 N–H and O–H groups in total. The van der Waals surface area contributed by atoms with Crippen LogP contribution in [-0.4, -0.2) is 24.0 Å². The molecule has 0 amide bonds. The molecule has 1 unspecified atom stereocenters. The first-order valence-electron chi connectivity index (χ1n) is 5.32. The third-order valence-corrected chi connectivity index (χ3v) is 2.63. The molecule has 1 atom stereocenters. The van der Waals surface area contributed by atoms with Crippen LogP contribution in [0.1, 0.15) is 13.3 Å². The van der Waals surface area contributed by atoms with Crippen molar-refractivity contribution in [1.82, 2.24) is 0 Å². The van der Waals surface area contributed by atoms with E-state index in [9.17, 15) is 19.3 Å². The molecule has 0 heterocycles. The lowest BCUT2D eigenvalue weighted by atomic mass is 10.2. The van der Waals surface area contributed by atoms with Crippen LogP contribution in [0.3, 0.4) is 0 Å². The Balaban J connectivity index is 2.96. The predicted octanol–water partition coefficient (Wildman–Crippen LogP) is 2.75. The Morgan fingerprint density at radius 1 is 1.63 bits per heavy atom. The van der Waals surface area contributed by atoms with E-state index < -0.39 is 22.8 Å². The summed E-state index contributed by atoms with van der Waals surface area (Å²) in [6.07, 6.45) is -0.00208. The van der Waals surface area contributed by atoms with Crippen LogP contribution in [0.15, 0.2) is 12.1 Å². The van der Waals surface area contributed by atoms with Gasteiger partial charge in [-0.15, -0.1) is 0 Å². The van der Waals surface area contributed by atoms with Crippen LogP contribution in [0.2, 0.25) is 5.02 Å². The van der Waals surface area contributed by atoms with E-state index in [4.69, 9.17) is 11.6 Å². The van der Waals surface area contributed by atoms with Gasteiger partial charge in [-0.3, -0.25) is 14.9 Å². The zero-order valence-electron chi connectivity index (χ0n) is 10.3. The number of hydrogen-bond acceptors (Lipinski definition) is 5. The topological polar surface area (TPSA) is 81.5 Å². The van der Waals surface area contributed by atoms with Gasteiger partial charge in [0.1, 0.15) is 11.5 Å². The standard InChI is InChI=1S/C11H12ClFN2O4/c1-6(3-11(16)19-2)14-9-5-8(13)7(12)4-10(9)15(17)18/h4-6,14H,3H2,1-2H3. The second-order valence-electron chi connectivity index (χ2n) is 3.87. The Hall–Kier alpha value is -1.89. The number of anilines is 1. The summed E-state index contributed by atoms with van der Waals surface area (Å²) in [6.45, 7) is 1.62. The zero-order valence-corrected chi connectivity index (χ0v) is 11.0.